The Bertz CT molecular complexity index is 489. The van der Waals surface area contributed by atoms with Crippen LogP contribution in [0.3, 0.4) is 0 Å². The van der Waals surface area contributed by atoms with Crippen molar-refractivity contribution in [1.29, 1.82) is 0 Å². The number of hydrogen-bond donors (Lipinski definition) is 0. The maximum atomic E-state index is 12.3. The number of carbonyl (C=O) groups excluding carboxylic acids is 1. The van der Waals surface area contributed by atoms with Crippen LogP contribution < -0.4 is 9.47 Å². The summed E-state index contributed by atoms with van der Waals surface area (Å²) in [4.78, 5) is 12.3. The predicted octanol–water partition coefficient (Wildman–Crippen LogP) is 3.78. The number of benzene rings is 1. The molecular formula is C16H20O3. The molecule has 3 heteroatoms. The zero-order valence-electron chi connectivity index (χ0n) is 11.6. The lowest BCUT2D eigenvalue weighted by molar-refractivity contribution is 0.103. The molecule has 0 amide bonds. The van der Waals surface area contributed by atoms with Crippen LogP contribution in [0.4, 0.5) is 0 Å². The van der Waals surface area contributed by atoms with Gasteiger partial charge in [0.15, 0.2) is 17.3 Å². The molecule has 0 aliphatic heterocycles. The van der Waals surface area contributed by atoms with Crippen molar-refractivity contribution in [3.63, 3.8) is 0 Å². The maximum Gasteiger partial charge on any atom is 0.188 e. The lowest BCUT2D eigenvalue weighted by Crippen LogP contribution is -2.04. The number of allylic oxidation sites excluding steroid dienone is 2. The van der Waals surface area contributed by atoms with E-state index in [0.29, 0.717) is 30.3 Å². The zero-order valence-corrected chi connectivity index (χ0v) is 11.6. The third-order valence-electron chi connectivity index (χ3n) is 3.14. The highest BCUT2D eigenvalue weighted by Crippen LogP contribution is 2.30. The van der Waals surface area contributed by atoms with Gasteiger partial charge >= 0.3 is 0 Å². The molecule has 0 saturated heterocycles. The molecule has 0 spiro atoms. The molecule has 0 fully saturated rings. The number of ether oxygens (including phenoxy) is 2. The van der Waals surface area contributed by atoms with Gasteiger partial charge in [-0.25, -0.2) is 0 Å². The van der Waals surface area contributed by atoms with Crippen molar-refractivity contribution in [3.8, 4) is 11.5 Å². The molecule has 19 heavy (non-hydrogen) atoms. The molecule has 1 aliphatic rings. The van der Waals surface area contributed by atoms with E-state index in [0.717, 1.165) is 24.8 Å². The van der Waals surface area contributed by atoms with E-state index in [4.69, 9.17) is 9.47 Å². The minimum Gasteiger partial charge on any atom is -0.490 e. The van der Waals surface area contributed by atoms with E-state index in [1.165, 1.54) is 0 Å². The Kier molecular flexibility index (Phi) is 4.61. The molecule has 0 bridgehead atoms. The normalized spacial score (nSPS) is 14.1. The van der Waals surface area contributed by atoms with Crippen molar-refractivity contribution in [2.24, 2.45) is 0 Å². The Balaban J connectivity index is 2.26. The topological polar surface area (TPSA) is 35.5 Å². The molecule has 0 heterocycles. The fourth-order valence-corrected chi connectivity index (χ4v) is 2.25. The Morgan fingerprint density at radius 1 is 1.16 bits per heavy atom. The molecule has 1 aliphatic carbocycles. The summed E-state index contributed by atoms with van der Waals surface area (Å²) in [5.41, 5.74) is 1.60. The smallest absolute Gasteiger partial charge is 0.188 e. The van der Waals surface area contributed by atoms with E-state index >= 15 is 0 Å². The molecule has 2 rings (SSSR count). The molecule has 3 nitrogen and oxygen atoms in total. The van der Waals surface area contributed by atoms with E-state index in [1.54, 1.807) is 6.07 Å². The van der Waals surface area contributed by atoms with Crippen molar-refractivity contribution < 1.29 is 14.3 Å². The second-order valence-corrected chi connectivity index (χ2v) is 4.48. The first kappa shape index (κ1) is 13.7. The van der Waals surface area contributed by atoms with Gasteiger partial charge in [-0.2, -0.15) is 0 Å². The number of Topliss-reactive ketones (excluding diaryl/α,β-unsaturated/α-hetero) is 1. The van der Waals surface area contributed by atoms with Gasteiger partial charge in [0.1, 0.15) is 0 Å². The molecule has 0 saturated carbocycles. The highest BCUT2D eigenvalue weighted by atomic mass is 16.5. The summed E-state index contributed by atoms with van der Waals surface area (Å²) in [6.07, 6.45) is 5.02. The SMILES string of the molecule is CCOc1ccc(C(=O)C2=CCCC2)cc1OCC. The largest absolute Gasteiger partial charge is 0.490 e. The summed E-state index contributed by atoms with van der Waals surface area (Å²) in [5.74, 6) is 1.46. The second kappa shape index (κ2) is 6.41. The van der Waals surface area contributed by atoms with Crippen LogP contribution in [0.2, 0.25) is 0 Å². The van der Waals surface area contributed by atoms with Gasteiger partial charge in [-0.3, -0.25) is 4.79 Å². The number of hydrogen-bond acceptors (Lipinski definition) is 3. The first-order chi connectivity index (χ1) is 9.26. The monoisotopic (exact) mass is 260 g/mol. The Hall–Kier alpha value is -1.77. The highest BCUT2D eigenvalue weighted by Gasteiger charge is 2.17. The quantitative estimate of drug-likeness (QED) is 0.730. The summed E-state index contributed by atoms with van der Waals surface area (Å²) in [7, 11) is 0. The molecule has 1 aromatic rings. The van der Waals surface area contributed by atoms with Crippen LogP contribution >= 0.6 is 0 Å². The molecule has 102 valence electrons. The fourth-order valence-electron chi connectivity index (χ4n) is 2.25. The van der Waals surface area contributed by atoms with Crippen LogP contribution in [0.15, 0.2) is 29.8 Å². The zero-order chi connectivity index (χ0) is 13.7. The van der Waals surface area contributed by atoms with E-state index in [9.17, 15) is 4.79 Å². The van der Waals surface area contributed by atoms with Gasteiger partial charge in [-0.15, -0.1) is 0 Å². The molecule has 0 aromatic heterocycles. The average Bonchev–Trinajstić information content (AvgIpc) is 2.94. The third kappa shape index (κ3) is 3.16. The van der Waals surface area contributed by atoms with Crippen LogP contribution in [-0.4, -0.2) is 19.0 Å². The fraction of sp³-hybridized carbons (Fsp3) is 0.438. The number of ketones is 1. The van der Waals surface area contributed by atoms with E-state index < -0.39 is 0 Å². The summed E-state index contributed by atoms with van der Waals surface area (Å²) < 4.78 is 11.0. The summed E-state index contributed by atoms with van der Waals surface area (Å²) >= 11 is 0. The minimum absolute atomic E-state index is 0.113. The maximum absolute atomic E-state index is 12.3. The van der Waals surface area contributed by atoms with Gasteiger partial charge in [-0.05, 0) is 56.9 Å². The first-order valence-electron chi connectivity index (χ1n) is 6.89. The minimum atomic E-state index is 0.113. The van der Waals surface area contributed by atoms with Gasteiger partial charge in [0.25, 0.3) is 0 Å². The summed E-state index contributed by atoms with van der Waals surface area (Å²) in [5, 5.41) is 0. The van der Waals surface area contributed by atoms with E-state index in [1.807, 2.05) is 32.1 Å². The van der Waals surface area contributed by atoms with Crippen molar-refractivity contribution in [2.45, 2.75) is 33.1 Å². The second-order valence-electron chi connectivity index (χ2n) is 4.48. The molecule has 0 radical (unpaired) electrons. The summed E-state index contributed by atoms with van der Waals surface area (Å²) in [6.45, 7) is 4.99. The molecular weight excluding hydrogens is 240 g/mol. The van der Waals surface area contributed by atoms with Gasteiger partial charge in [0.2, 0.25) is 0 Å². The van der Waals surface area contributed by atoms with Crippen LogP contribution in [-0.2, 0) is 0 Å². The lowest BCUT2D eigenvalue weighted by Gasteiger charge is -2.12. The highest BCUT2D eigenvalue weighted by molar-refractivity contribution is 6.09. The molecule has 0 unspecified atom stereocenters. The number of rotatable bonds is 6. The Morgan fingerprint density at radius 3 is 2.53 bits per heavy atom. The van der Waals surface area contributed by atoms with Crippen LogP contribution in [0, 0.1) is 0 Å². The van der Waals surface area contributed by atoms with Crippen molar-refractivity contribution in [2.75, 3.05) is 13.2 Å². The molecule has 0 atom stereocenters. The Labute approximate surface area is 114 Å². The van der Waals surface area contributed by atoms with Crippen LogP contribution in [0.1, 0.15) is 43.5 Å². The Morgan fingerprint density at radius 2 is 1.89 bits per heavy atom. The standard InChI is InChI=1S/C16H20O3/c1-3-18-14-10-9-13(11-15(14)19-4-2)16(17)12-7-5-6-8-12/h7,9-11H,3-6,8H2,1-2H3. The lowest BCUT2D eigenvalue weighted by atomic mass is 10.0. The van der Waals surface area contributed by atoms with E-state index in [-0.39, 0.29) is 5.78 Å². The molecule has 1 aromatic carbocycles. The predicted molar refractivity (Wildman–Crippen MR) is 75.0 cm³/mol. The van der Waals surface area contributed by atoms with Crippen molar-refractivity contribution in [1.82, 2.24) is 0 Å². The van der Waals surface area contributed by atoms with Gasteiger partial charge in [0.05, 0.1) is 13.2 Å². The van der Waals surface area contributed by atoms with Gasteiger partial charge < -0.3 is 9.47 Å². The van der Waals surface area contributed by atoms with Gasteiger partial charge in [0, 0.05) is 5.56 Å². The molecule has 0 N–H and O–H groups in total. The summed E-state index contributed by atoms with van der Waals surface area (Å²) in [6, 6.07) is 5.42. The van der Waals surface area contributed by atoms with Gasteiger partial charge in [-0.1, -0.05) is 6.08 Å². The average molecular weight is 260 g/mol. The van der Waals surface area contributed by atoms with Crippen molar-refractivity contribution in [3.05, 3.63) is 35.4 Å². The number of carbonyl (C=O) groups is 1. The third-order valence-corrected chi connectivity index (χ3v) is 3.14. The van der Waals surface area contributed by atoms with E-state index in [2.05, 4.69) is 0 Å². The van der Waals surface area contributed by atoms with Crippen LogP contribution in [0.25, 0.3) is 0 Å². The van der Waals surface area contributed by atoms with Crippen LogP contribution in [0.5, 0.6) is 11.5 Å². The first-order valence-corrected chi connectivity index (χ1v) is 6.89. The van der Waals surface area contributed by atoms with Crippen molar-refractivity contribution >= 4 is 5.78 Å².